The lowest BCUT2D eigenvalue weighted by molar-refractivity contribution is -0.143. The maximum atomic E-state index is 11.4. The van der Waals surface area contributed by atoms with Crippen molar-refractivity contribution < 1.29 is 19.2 Å². The average molecular weight is 512 g/mol. The molecule has 1 aliphatic heterocycles. The van der Waals surface area contributed by atoms with Crippen LogP contribution < -0.4 is 0 Å². The predicted molar refractivity (Wildman–Crippen MR) is 140 cm³/mol. The normalized spacial score (nSPS) is 14.4. The van der Waals surface area contributed by atoms with E-state index in [0.717, 1.165) is 47.7 Å². The lowest BCUT2D eigenvalue weighted by Crippen LogP contribution is -2.46. The van der Waals surface area contributed by atoms with Gasteiger partial charge in [0, 0.05) is 61.0 Å². The van der Waals surface area contributed by atoms with E-state index in [1.807, 2.05) is 53.2 Å². The van der Waals surface area contributed by atoms with Crippen molar-refractivity contribution in [3.05, 3.63) is 89.4 Å². The van der Waals surface area contributed by atoms with Crippen LogP contribution >= 0.6 is 0 Å². The van der Waals surface area contributed by atoms with Gasteiger partial charge >= 0.3 is 5.97 Å². The summed E-state index contributed by atoms with van der Waals surface area (Å²) in [5.74, 6) is 7.82. The molecule has 4 aromatic rings. The van der Waals surface area contributed by atoms with Gasteiger partial charge in [0.1, 0.15) is 17.6 Å². The van der Waals surface area contributed by atoms with Crippen molar-refractivity contribution in [2.75, 3.05) is 20.2 Å². The Morgan fingerprint density at radius 1 is 1.11 bits per heavy atom. The molecule has 0 amide bonds. The zero-order valence-corrected chi connectivity index (χ0v) is 21.4. The minimum Gasteiger partial charge on any atom is -0.469 e. The van der Waals surface area contributed by atoms with Crippen molar-refractivity contribution in [2.24, 2.45) is 5.92 Å². The van der Waals surface area contributed by atoms with E-state index in [0.29, 0.717) is 30.5 Å². The summed E-state index contributed by atoms with van der Waals surface area (Å²) in [7, 11) is 1.43. The summed E-state index contributed by atoms with van der Waals surface area (Å²) in [6.07, 6.45) is 5.08. The van der Waals surface area contributed by atoms with Crippen molar-refractivity contribution in [1.29, 1.82) is 0 Å². The molecule has 194 valence electrons. The Bertz CT molecular complexity index is 1440. The minimum absolute atomic E-state index is 0.147. The number of hydrogen-bond acceptors (Lipinski definition) is 8. The topological polar surface area (TPSA) is 107 Å². The molecule has 0 spiro atoms. The maximum absolute atomic E-state index is 11.4. The number of esters is 1. The Labute approximate surface area is 221 Å². The van der Waals surface area contributed by atoms with Crippen molar-refractivity contribution in [3.8, 4) is 23.2 Å². The molecule has 3 aromatic heterocycles. The number of carbonyl (C=O) groups excluding carboxylic acids is 1. The number of aliphatic hydroxyl groups is 1. The fourth-order valence-electron chi connectivity index (χ4n) is 4.46. The van der Waals surface area contributed by atoms with E-state index in [1.165, 1.54) is 7.11 Å². The van der Waals surface area contributed by atoms with E-state index < -0.39 is 6.10 Å². The lowest BCUT2D eigenvalue weighted by Gasteiger charge is -2.38. The number of aliphatic hydroxyl groups excluding tert-OH is 1. The van der Waals surface area contributed by atoms with Crippen molar-refractivity contribution >= 4 is 5.97 Å². The SMILES string of the molecule is COC(=O)CC1CN(Cc2ccc(C#Cc3ccc(-c4cc(Cn5ccnc5C(C)O)no4)cc3)cn2)C1. The summed E-state index contributed by atoms with van der Waals surface area (Å²) in [5, 5.41) is 14.0. The van der Waals surface area contributed by atoms with Crippen LogP contribution in [0.5, 0.6) is 0 Å². The van der Waals surface area contributed by atoms with Crippen LogP contribution in [0.4, 0.5) is 0 Å². The first-order valence-electron chi connectivity index (χ1n) is 12.5. The molecule has 4 heterocycles. The summed E-state index contributed by atoms with van der Waals surface area (Å²) in [5.41, 5.74) is 4.37. The van der Waals surface area contributed by atoms with E-state index in [4.69, 9.17) is 9.26 Å². The molecule has 1 N–H and O–H groups in total. The number of aromatic nitrogens is 4. The number of hydrogen-bond donors (Lipinski definition) is 1. The highest BCUT2D eigenvalue weighted by molar-refractivity contribution is 5.69. The molecule has 1 fully saturated rings. The number of methoxy groups -OCH3 is 1. The van der Waals surface area contributed by atoms with Crippen LogP contribution in [0.25, 0.3) is 11.3 Å². The van der Waals surface area contributed by atoms with Gasteiger partial charge in [-0.1, -0.05) is 17.0 Å². The summed E-state index contributed by atoms with van der Waals surface area (Å²) in [6, 6.07) is 13.7. The number of ether oxygens (including phenoxy) is 1. The molecule has 9 nitrogen and oxygen atoms in total. The van der Waals surface area contributed by atoms with Crippen LogP contribution in [-0.4, -0.2) is 55.9 Å². The van der Waals surface area contributed by atoms with Gasteiger partial charge in [-0.2, -0.15) is 0 Å². The molecule has 1 aromatic carbocycles. The zero-order valence-electron chi connectivity index (χ0n) is 21.4. The van der Waals surface area contributed by atoms with Gasteiger partial charge in [-0.3, -0.25) is 14.7 Å². The Morgan fingerprint density at radius 2 is 1.87 bits per heavy atom. The largest absolute Gasteiger partial charge is 0.469 e. The summed E-state index contributed by atoms with van der Waals surface area (Å²) < 4.78 is 12.1. The van der Waals surface area contributed by atoms with E-state index in [1.54, 1.807) is 19.3 Å². The molecule has 9 heteroatoms. The number of nitrogens with zero attached hydrogens (tertiary/aromatic N) is 5. The number of likely N-dealkylation sites (tertiary alicyclic amines) is 1. The average Bonchev–Trinajstić information content (AvgIpc) is 3.57. The molecule has 1 aliphatic rings. The van der Waals surface area contributed by atoms with Gasteiger partial charge in [-0.25, -0.2) is 4.98 Å². The van der Waals surface area contributed by atoms with Crippen LogP contribution in [0.1, 0.15) is 47.8 Å². The van der Waals surface area contributed by atoms with Crippen LogP contribution in [0.3, 0.4) is 0 Å². The Hall–Kier alpha value is -4.26. The smallest absolute Gasteiger partial charge is 0.305 e. The van der Waals surface area contributed by atoms with E-state index in [9.17, 15) is 9.90 Å². The molecular weight excluding hydrogens is 482 g/mol. The second kappa shape index (κ2) is 11.4. The molecule has 1 unspecified atom stereocenters. The van der Waals surface area contributed by atoms with Gasteiger partial charge < -0.3 is 18.9 Å². The summed E-state index contributed by atoms with van der Waals surface area (Å²) >= 11 is 0. The number of benzene rings is 1. The monoisotopic (exact) mass is 511 g/mol. The third-order valence-corrected chi connectivity index (χ3v) is 6.46. The first-order valence-corrected chi connectivity index (χ1v) is 12.5. The first-order chi connectivity index (χ1) is 18.5. The fraction of sp³-hybridized carbons (Fsp3) is 0.310. The molecule has 38 heavy (non-hydrogen) atoms. The van der Waals surface area contributed by atoms with E-state index in [-0.39, 0.29) is 5.97 Å². The van der Waals surface area contributed by atoms with Crippen molar-refractivity contribution in [1.82, 2.24) is 24.6 Å². The first kappa shape index (κ1) is 25.4. The molecular formula is C29H29N5O4. The van der Waals surface area contributed by atoms with Gasteiger partial charge in [0.05, 0.1) is 25.8 Å². The molecule has 1 atom stereocenters. The predicted octanol–water partition coefficient (Wildman–Crippen LogP) is 3.43. The third-order valence-electron chi connectivity index (χ3n) is 6.46. The van der Waals surface area contributed by atoms with E-state index in [2.05, 4.69) is 31.9 Å². The zero-order chi connectivity index (χ0) is 26.5. The standard InChI is InChI=1S/C29H29N5O4/c1-20(35)29-30-11-12-34(29)19-26-14-27(38-32-26)24-8-5-21(6-9-24)3-4-22-7-10-25(31-15-22)18-33-16-23(17-33)13-28(36)37-2/h5-12,14-15,20,23,35H,13,16-19H2,1-2H3. The molecule has 1 saturated heterocycles. The van der Waals surface area contributed by atoms with Crippen LogP contribution in [0, 0.1) is 17.8 Å². The number of imidazole rings is 1. The Morgan fingerprint density at radius 3 is 2.58 bits per heavy atom. The molecule has 5 rings (SSSR count). The second-order valence-electron chi connectivity index (χ2n) is 9.48. The number of carbonyl (C=O) groups is 1. The molecule has 0 saturated carbocycles. The number of rotatable bonds is 8. The van der Waals surface area contributed by atoms with Crippen LogP contribution in [0.2, 0.25) is 0 Å². The van der Waals surface area contributed by atoms with Crippen LogP contribution in [0.15, 0.2) is 65.6 Å². The van der Waals surface area contributed by atoms with Gasteiger partial charge in [0.25, 0.3) is 0 Å². The Kier molecular flexibility index (Phi) is 7.63. The number of pyridine rings is 1. The third kappa shape index (κ3) is 6.17. The van der Waals surface area contributed by atoms with Gasteiger partial charge in [-0.05, 0) is 49.2 Å². The van der Waals surface area contributed by atoms with Crippen molar-refractivity contribution in [2.45, 2.75) is 32.5 Å². The Balaban J connectivity index is 1.14. The second-order valence-corrected chi connectivity index (χ2v) is 9.48. The van der Waals surface area contributed by atoms with Crippen molar-refractivity contribution in [3.63, 3.8) is 0 Å². The lowest BCUT2D eigenvalue weighted by atomic mass is 9.96. The summed E-state index contributed by atoms with van der Waals surface area (Å²) in [6.45, 7) is 4.69. The highest BCUT2D eigenvalue weighted by atomic mass is 16.5. The quantitative estimate of drug-likeness (QED) is 0.283. The van der Waals surface area contributed by atoms with Crippen LogP contribution in [-0.2, 0) is 22.6 Å². The fourth-order valence-corrected chi connectivity index (χ4v) is 4.46. The van der Waals surface area contributed by atoms with E-state index >= 15 is 0 Å². The molecule has 0 radical (unpaired) electrons. The minimum atomic E-state index is -0.655. The van der Waals surface area contributed by atoms with Gasteiger partial charge in [0.15, 0.2) is 5.76 Å². The summed E-state index contributed by atoms with van der Waals surface area (Å²) in [4.78, 5) is 22.3. The molecule has 0 aliphatic carbocycles. The molecule has 0 bridgehead atoms. The maximum Gasteiger partial charge on any atom is 0.305 e. The highest BCUT2D eigenvalue weighted by Gasteiger charge is 2.28. The van der Waals surface area contributed by atoms with Gasteiger partial charge in [0.2, 0.25) is 0 Å². The highest BCUT2D eigenvalue weighted by Crippen LogP contribution is 2.23. The van der Waals surface area contributed by atoms with Gasteiger partial charge in [-0.15, -0.1) is 0 Å².